The van der Waals surface area contributed by atoms with Gasteiger partial charge < -0.3 is 10.0 Å². The highest BCUT2D eigenvalue weighted by Gasteiger charge is 2.39. The van der Waals surface area contributed by atoms with Crippen molar-refractivity contribution in [3.63, 3.8) is 0 Å². The second-order valence-electron chi connectivity index (χ2n) is 5.40. The molecule has 116 valence electrons. The first kappa shape index (κ1) is 14.7. The molecule has 0 aliphatic heterocycles. The highest BCUT2D eigenvalue weighted by molar-refractivity contribution is 7.13. The summed E-state index contributed by atoms with van der Waals surface area (Å²) in [7, 11) is 1.81. The van der Waals surface area contributed by atoms with E-state index in [4.69, 9.17) is 0 Å². The number of aliphatic carboxylic acids is 1. The third-order valence-corrected chi connectivity index (χ3v) is 4.52. The number of carboxylic acid groups (broad SMARTS) is 1. The molecule has 22 heavy (non-hydrogen) atoms. The molecule has 2 heterocycles. The maximum Gasteiger partial charge on any atom is 0.326 e. The Hall–Kier alpha value is -2.22. The molecule has 1 unspecified atom stereocenters. The number of thiazole rings is 1. The number of aryl methyl sites for hydroxylation is 1. The van der Waals surface area contributed by atoms with E-state index in [0.717, 1.165) is 18.4 Å². The SMILES string of the molecule is CC(C(=O)O)N(C(=O)c1csc(-c2cnn(C)c2)n1)C1CC1. The van der Waals surface area contributed by atoms with Gasteiger partial charge in [-0.15, -0.1) is 11.3 Å². The largest absolute Gasteiger partial charge is 0.480 e. The second-order valence-corrected chi connectivity index (χ2v) is 6.26. The molecule has 0 bridgehead atoms. The minimum absolute atomic E-state index is 0.0159. The third kappa shape index (κ3) is 2.74. The van der Waals surface area contributed by atoms with Crippen LogP contribution in [0.15, 0.2) is 17.8 Å². The van der Waals surface area contributed by atoms with Crippen LogP contribution < -0.4 is 0 Å². The molecule has 2 aromatic rings. The van der Waals surface area contributed by atoms with E-state index in [1.807, 2.05) is 13.2 Å². The van der Waals surface area contributed by atoms with Gasteiger partial charge in [0.1, 0.15) is 16.7 Å². The highest BCUT2D eigenvalue weighted by Crippen LogP contribution is 2.31. The molecule has 7 nitrogen and oxygen atoms in total. The third-order valence-electron chi connectivity index (χ3n) is 3.62. The lowest BCUT2D eigenvalue weighted by Gasteiger charge is -2.25. The standard InChI is InChI=1S/C14H16N4O3S/c1-8(14(20)21)18(10-3-4-10)13(19)11-7-22-12(16-11)9-5-15-17(2)6-9/h5-8,10H,3-4H2,1-2H3,(H,20,21). The Kier molecular flexibility index (Phi) is 3.69. The summed E-state index contributed by atoms with van der Waals surface area (Å²) >= 11 is 1.35. The Morgan fingerprint density at radius 3 is 2.77 bits per heavy atom. The Bertz CT molecular complexity index is 719. The van der Waals surface area contributed by atoms with Gasteiger partial charge >= 0.3 is 5.97 Å². The molecule has 2 aromatic heterocycles. The van der Waals surface area contributed by atoms with Crippen molar-refractivity contribution in [3.8, 4) is 10.6 Å². The zero-order valence-corrected chi connectivity index (χ0v) is 13.1. The van der Waals surface area contributed by atoms with Crippen LogP contribution in [0.3, 0.4) is 0 Å². The van der Waals surface area contributed by atoms with Crippen LogP contribution in [0.5, 0.6) is 0 Å². The lowest BCUT2D eigenvalue weighted by atomic mass is 10.2. The minimum atomic E-state index is -0.997. The zero-order valence-electron chi connectivity index (χ0n) is 12.3. The first-order valence-corrected chi connectivity index (χ1v) is 7.85. The topological polar surface area (TPSA) is 88.3 Å². The number of rotatable bonds is 5. The van der Waals surface area contributed by atoms with Crippen molar-refractivity contribution in [2.24, 2.45) is 7.05 Å². The van der Waals surface area contributed by atoms with Crippen LogP contribution >= 0.6 is 11.3 Å². The van der Waals surface area contributed by atoms with E-state index >= 15 is 0 Å². The van der Waals surface area contributed by atoms with E-state index < -0.39 is 12.0 Å². The molecule has 0 spiro atoms. The first-order valence-electron chi connectivity index (χ1n) is 6.97. The second kappa shape index (κ2) is 5.53. The summed E-state index contributed by atoms with van der Waals surface area (Å²) in [6.07, 6.45) is 5.21. The summed E-state index contributed by atoms with van der Waals surface area (Å²) in [5.41, 5.74) is 1.14. The summed E-state index contributed by atoms with van der Waals surface area (Å²) in [5.74, 6) is -1.31. The molecule has 0 saturated heterocycles. The molecule has 1 N–H and O–H groups in total. The summed E-state index contributed by atoms with van der Waals surface area (Å²) in [4.78, 5) is 29.6. The number of carboxylic acids is 1. The van der Waals surface area contributed by atoms with Crippen LogP contribution in [0.1, 0.15) is 30.3 Å². The maximum absolute atomic E-state index is 12.6. The summed E-state index contributed by atoms with van der Waals surface area (Å²) < 4.78 is 1.67. The molecular formula is C14H16N4O3S. The molecule has 0 aromatic carbocycles. The summed E-state index contributed by atoms with van der Waals surface area (Å²) in [6.45, 7) is 1.53. The van der Waals surface area contributed by atoms with Crippen molar-refractivity contribution in [1.82, 2.24) is 19.7 Å². The van der Waals surface area contributed by atoms with Crippen LogP contribution in [0.4, 0.5) is 0 Å². The van der Waals surface area contributed by atoms with Gasteiger partial charge in [-0.2, -0.15) is 5.10 Å². The monoisotopic (exact) mass is 320 g/mol. The Labute approximate surface area is 131 Å². The number of amides is 1. The van der Waals surface area contributed by atoms with Crippen LogP contribution in [0.2, 0.25) is 0 Å². The van der Waals surface area contributed by atoms with Crippen molar-refractivity contribution in [3.05, 3.63) is 23.5 Å². The molecule has 1 atom stereocenters. The molecule has 1 aliphatic rings. The molecule has 1 saturated carbocycles. The lowest BCUT2D eigenvalue weighted by molar-refractivity contribution is -0.141. The van der Waals surface area contributed by atoms with Gasteiger partial charge in [0.25, 0.3) is 5.91 Å². The summed E-state index contributed by atoms with van der Waals surface area (Å²) in [5, 5.41) is 15.6. The lowest BCUT2D eigenvalue weighted by Crippen LogP contribution is -2.44. The van der Waals surface area contributed by atoms with Gasteiger partial charge in [-0.1, -0.05) is 0 Å². The molecule has 1 amide bonds. The molecular weight excluding hydrogens is 304 g/mol. The zero-order chi connectivity index (χ0) is 15.9. The molecule has 0 radical (unpaired) electrons. The van der Waals surface area contributed by atoms with Crippen molar-refractivity contribution < 1.29 is 14.7 Å². The smallest absolute Gasteiger partial charge is 0.326 e. The Morgan fingerprint density at radius 2 is 2.23 bits per heavy atom. The fraction of sp³-hybridized carbons (Fsp3) is 0.429. The molecule has 8 heteroatoms. The Balaban J connectivity index is 1.85. The number of carbonyl (C=O) groups is 2. The number of aromatic nitrogens is 3. The normalized spacial score (nSPS) is 15.5. The van der Waals surface area contributed by atoms with Gasteiger partial charge in [0.05, 0.1) is 6.20 Å². The van der Waals surface area contributed by atoms with Crippen molar-refractivity contribution in [2.75, 3.05) is 0 Å². The van der Waals surface area contributed by atoms with Crippen molar-refractivity contribution in [2.45, 2.75) is 31.8 Å². The van der Waals surface area contributed by atoms with Gasteiger partial charge in [-0.3, -0.25) is 9.48 Å². The van der Waals surface area contributed by atoms with E-state index in [2.05, 4.69) is 10.1 Å². The number of hydrogen-bond donors (Lipinski definition) is 1. The number of carbonyl (C=O) groups excluding carboxylic acids is 1. The predicted octanol–water partition coefficient (Wildman–Crippen LogP) is 1.62. The number of hydrogen-bond acceptors (Lipinski definition) is 5. The van der Waals surface area contributed by atoms with Gasteiger partial charge in [0.2, 0.25) is 0 Å². The maximum atomic E-state index is 12.6. The minimum Gasteiger partial charge on any atom is -0.480 e. The average Bonchev–Trinajstić information content (AvgIpc) is 3.01. The van der Waals surface area contributed by atoms with Crippen LogP contribution in [-0.4, -0.2) is 48.7 Å². The molecule has 1 aliphatic carbocycles. The van der Waals surface area contributed by atoms with Gasteiger partial charge in [-0.05, 0) is 19.8 Å². The molecule has 3 rings (SSSR count). The van der Waals surface area contributed by atoms with Crippen molar-refractivity contribution in [1.29, 1.82) is 0 Å². The van der Waals surface area contributed by atoms with Crippen LogP contribution in [-0.2, 0) is 11.8 Å². The predicted molar refractivity (Wildman–Crippen MR) is 80.6 cm³/mol. The highest BCUT2D eigenvalue weighted by atomic mass is 32.1. The van der Waals surface area contributed by atoms with E-state index in [9.17, 15) is 14.7 Å². The average molecular weight is 320 g/mol. The van der Waals surface area contributed by atoms with E-state index in [-0.39, 0.29) is 11.9 Å². The van der Waals surface area contributed by atoms with Crippen molar-refractivity contribution >= 4 is 23.2 Å². The number of nitrogens with zero attached hydrogens (tertiary/aromatic N) is 4. The van der Waals surface area contributed by atoms with Gasteiger partial charge in [0.15, 0.2) is 0 Å². The van der Waals surface area contributed by atoms with Crippen LogP contribution in [0, 0.1) is 0 Å². The quantitative estimate of drug-likeness (QED) is 0.904. The van der Waals surface area contributed by atoms with Gasteiger partial charge in [-0.25, -0.2) is 9.78 Å². The first-order chi connectivity index (χ1) is 10.5. The van der Waals surface area contributed by atoms with E-state index in [1.54, 1.807) is 16.3 Å². The summed E-state index contributed by atoms with van der Waals surface area (Å²) in [6, 6.07) is -0.828. The fourth-order valence-electron chi connectivity index (χ4n) is 2.30. The fourth-order valence-corrected chi connectivity index (χ4v) is 3.07. The van der Waals surface area contributed by atoms with Crippen LogP contribution in [0.25, 0.3) is 10.6 Å². The molecule has 1 fully saturated rings. The van der Waals surface area contributed by atoms with Gasteiger partial charge in [0, 0.05) is 30.2 Å². The Morgan fingerprint density at radius 1 is 1.50 bits per heavy atom. The van der Waals surface area contributed by atoms with E-state index in [0.29, 0.717) is 10.7 Å². The van der Waals surface area contributed by atoms with E-state index in [1.165, 1.54) is 23.2 Å².